The number of para-hydroxylation sites is 1. The smallest absolute Gasteiger partial charge is 0.311 e. The van der Waals surface area contributed by atoms with Crippen LogP contribution in [0.1, 0.15) is 13.8 Å². The number of nitro benzene ring substituents is 1. The molecule has 0 aliphatic rings. The van der Waals surface area contributed by atoms with Crippen molar-refractivity contribution in [2.75, 3.05) is 7.11 Å². The van der Waals surface area contributed by atoms with E-state index in [0.717, 1.165) is 0 Å². The molecule has 0 unspecified atom stereocenters. The Morgan fingerprint density at radius 2 is 2.11 bits per heavy atom. The average Bonchev–Trinajstić information content (AvgIpc) is 2.93. The van der Waals surface area contributed by atoms with Crippen LogP contribution in [0.25, 0.3) is 11.4 Å². The van der Waals surface area contributed by atoms with Crippen LogP contribution >= 0.6 is 0 Å². The van der Waals surface area contributed by atoms with Crippen molar-refractivity contribution in [2.45, 2.75) is 13.8 Å². The Kier molecular flexibility index (Phi) is 4.79. The highest BCUT2D eigenvalue weighted by molar-refractivity contribution is 5.70. The van der Waals surface area contributed by atoms with E-state index in [1.54, 1.807) is 12.1 Å². The Morgan fingerprint density at radius 1 is 1.39 bits per heavy atom. The quantitative estimate of drug-likeness (QED) is 0.666. The summed E-state index contributed by atoms with van der Waals surface area (Å²) in [5.41, 5.74) is 0.408. The van der Waals surface area contributed by atoms with E-state index >= 15 is 0 Å². The van der Waals surface area contributed by atoms with Crippen molar-refractivity contribution in [2.24, 2.45) is 0 Å². The van der Waals surface area contributed by atoms with Crippen LogP contribution in [-0.2, 0) is 0 Å². The standard InChI is InChI=1S/C9H8N4O3.C2H6/c1-16-8-6(9-10-5-11-12-9)3-2-4-7(8)13(14)15;1-2/h2-5H,1H3,(H,10,11,12);1-2H3. The maximum Gasteiger partial charge on any atom is 0.311 e. The number of hydrogen-bond donors (Lipinski definition) is 1. The summed E-state index contributed by atoms with van der Waals surface area (Å²) in [6.07, 6.45) is 1.33. The third-order valence-electron chi connectivity index (χ3n) is 2.07. The van der Waals surface area contributed by atoms with Crippen molar-refractivity contribution in [3.05, 3.63) is 34.6 Å². The average molecular weight is 250 g/mol. The molecule has 0 aliphatic heterocycles. The Balaban J connectivity index is 0.000000771. The predicted molar refractivity (Wildman–Crippen MR) is 66.4 cm³/mol. The highest BCUT2D eigenvalue weighted by Crippen LogP contribution is 2.35. The van der Waals surface area contributed by atoms with Gasteiger partial charge in [-0.3, -0.25) is 15.2 Å². The molecule has 0 aliphatic carbocycles. The van der Waals surface area contributed by atoms with Gasteiger partial charge in [-0.2, -0.15) is 5.10 Å². The predicted octanol–water partition coefficient (Wildman–Crippen LogP) is 2.41. The van der Waals surface area contributed by atoms with Crippen LogP contribution in [0.4, 0.5) is 5.69 Å². The van der Waals surface area contributed by atoms with Crippen molar-refractivity contribution in [1.82, 2.24) is 15.2 Å². The molecule has 1 aromatic carbocycles. The van der Waals surface area contributed by atoms with E-state index in [0.29, 0.717) is 11.4 Å². The van der Waals surface area contributed by atoms with Crippen molar-refractivity contribution in [3.8, 4) is 17.1 Å². The lowest BCUT2D eigenvalue weighted by atomic mass is 10.1. The lowest BCUT2D eigenvalue weighted by molar-refractivity contribution is -0.385. The van der Waals surface area contributed by atoms with E-state index in [2.05, 4.69) is 15.2 Å². The molecule has 0 spiro atoms. The Labute approximate surface area is 104 Å². The number of hydrogen-bond acceptors (Lipinski definition) is 5. The van der Waals surface area contributed by atoms with E-state index in [4.69, 9.17) is 4.74 Å². The molecule has 0 bridgehead atoms. The van der Waals surface area contributed by atoms with Gasteiger partial charge in [-0.25, -0.2) is 4.98 Å². The molecule has 0 amide bonds. The summed E-state index contributed by atoms with van der Waals surface area (Å²) in [5, 5.41) is 17.1. The molecule has 2 rings (SSSR count). The SMILES string of the molecule is CC.COc1c(-c2ncn[nH]2)cccc1[N+](=O)[O-]. The van der Waals surface area contributed by atoms with Crippen molar-refractivity contribution < 1.29 is 9.66 Å². The first kappa shape index (κ1) is 13.6. The molecule has 0 saturated heterocycles. The maximum atomic E-state index is 10.8. The lowest BCUT2D eigenvalue weighted by Crippen LogP contribution is -1.96. The van der Waals surface area contributed by atoms with E-state index in [-0.39, 0.29) is 11.4 Å². The van der Waals surface area contributed by atoms with Gasteiger partial charge in [0.2, 0.25) is 5.75 Å². The van der Waals surface area contributed by atoms with Gasteiger partial charge < -0.3 is 4.74 Å². The van der Waals surface area contributed by atoms with E-state index < -0.39 is 4.92 Å². The normalized spacial score (nSPS) is 9.28. The summed E-state index contributed by atoms with van der Waals surface area (Å²) in [4.78, 5) is 14.2. The zero-order chi connectivity index (χ0) is 13.5. The van der Waals surface area contributed by atoms with Crippen LogP contribution in [0.3, 0.4) is 0 Å². The molecule has 0 radical (unpaired) electrons. The van der Waals surface area contributed by atoms with Crippen LogP contribution in [0, 0.1) is 10.1 Å². The minimum atomic E-state index is -0.501. The Morgan fingerprint density at radius 3 is 2.61 bits per heavy atom. The summed E-state index contributed by atoms with van der Waals surface area (Å²) in [6.45, 7) is 4.00. The van der Waals surface area contributed by atoms with Crippen molar-refractivity contribution >= 4 is 5.69 Å². The molecule has 18 heavy (non-hydrogen) atoms. The zero-order valence-corrected chi connectivity index (χ0v) is 10.4. The molecule has 1 N–H and O–H groups in total. The number of nitrogens with one attached hydrogen (secondary N) is 1. The van der Waals surface area contributed by atoms with Gasteiger partial charge in [0, 0.05) is 6.07 Å². The van der Waals surface area contributed by atoms with Gasteiger partial charge in [-0.1, -0.05) is 19.9 Å². The monoisotopic (exact) mass is 250 g/mol. The van der Waals surface area contributed by atoms with Gasteiger partial charge in [-0.05, 0) is 6.07 Å². The number of aromatic amines is 1. The fourth-order valence-electron chi connectivity index (χ4n) is 1.40. The summed E-state index contributed by atoms with van der Waals surface area (Å²) in [7, 11) is 1.38. The molecular formula is C11H14N4O3. The van der Waals surface area contributed by atoms with Crippen molar-refractivity contribution in [3.63, 3.8) is 0 Å². The first-order valence-corrected chi connectivity index (χ1v) is 5.41. The summed E-state index contributed by atoms with van der Waals surface area (Å²) >= 11 is 0. The van der Waals surface area contributed by atoms with E-state index in [1.165, 1.54) is 19.5 Å². The number of ether oxygens (including phenoxy) is 1. The third kappa shape index (κ3) is 2.62. The van der Waals surface area contributed by atoms with Gasteiger partial charge >= 0.3 is 5.69 Å². The number of nitrogens with zero attached hydrogens (tertiary/aromatic N) is 3. The van der Waals surface area contributed by atoms with Crippen LogP contribution in [0.15, 0.2) is 24.5 Å². The number of benzene rings is 1. The number of H-pyrrole nitrogens is 1. The first-order chi connectivity index (χ1) is 8.74. The summed E-state index contributed by atoms with van der Waals surface area (Å²) in [6, 6.07) is 4.61. The van der Waals surface area contributed by atoms with E-state index in [1.807, 2.05) is 13.8 Å². The summed E-state index contributed by atoms with van der Waals surface area (Å²) in [5.74, 6) is 0.602. The topological polar surface area (TPSA) is 93.9 Å². The van der Waals surface area contributed by atoms with Gasteiger partial charge in [0.15, 0.2) is 5.82 Å². The lowest BCUT2D eigenvalue weighted by Gasteiger charge is -2.05. The van der Waals surface area contributed by atoms with Gasteiger partial charge in [-0.15, -0.1) is 0 Å². The minimum Gasteiger partial charge on any atom is -0.490 e. The van der Waals surface area contributed by atoms with Gasteiger partial charge in [0.05, 0.1) is 17.6 Å². The summed E-state index contributed by atoms with van der Waals surface area (Å²) < 4.78 is 5.03. The highest BCUT2D eigenvalue weighted by atomic mass is 16.6. The molecule has 0 atom stereocenters. The second-order valence-electron chi connectivity index (χ2n) is 2.95. The van der Waals surface area contributed by atoms with Gasteiger partial charge in [0.1, 0.15) is 6.33 Å². The molecule has 96 valence electrons. The molecule has 7 nitrogen and oxygen atoms in total. The fourth-order valence-corrected chi connectivity index (χ4v) is 1.40. The molecule has 2 aromatic rings. The number of rotatable bonds is 3. The maximum absolute atomic E-state index is 10.8. The number of nitro groups is 1. The molecule has 1 heterocycles. The van der Waals surface area contributed by atoms with Crippen LogP contribution in [0.5, 0.6) is 5.75 Å². The second-order valence-corrected chi connectivity index (χ2v) is 2.95. The zero-order valence-electron chi connectivity index (χ0n) is 10.4. The minimum absolute atomic E-state index is 0.101. The van der Waals surface area contributed by atoms with Crippen molar-refractivity contribution in [1.29, 1.82) is 0 Å². The van der Waals surface area contributed by atoms with Crippen LogP contribution in [-0.4, -0.2) is 27.2 Å². The van der Waals surface area contributed by atoms with E-state index in [9.17, 15) is 10.1 Å². The van der Waals surface area contributed by atoms with Crippen LogP contribution in [0.2, 0.25) is 0 Å². The molecular weight excluding hydrogens is 236 g/mol. The van der Waals surface area contributed by atoms with Gasteiger partial charge in [0.25, 0.3) is 0 Å². The first-order valence-electron chi connectivity index (χ1n) is 5.41. The Bertz CT molecular complexity index is 511. The molecule has 7 heteroatoms. The fraction of sp³-hybridized carbons (Fsp3) is 0.273. The number of methoxy groups -OCH3 is 1. The van der Waals surface area contributed by atoms with Crippen LogP contribution < -0.4 is 4.74 Å². The molecule has 1 aromatic heterocycles. The largest absolute Gasteiger partial charge is 0.490 e. The Hall–Kier alpha value is -2.44. The second kappa shape index (κ2) is 6.33. The third-order valence-corrected chi connectivity index (χ3v) is 2.07. The molecule has 0 fully saturated rings. The highest BCUT2D eigenvalue weighted by Gasteiger charge is 2.20. The number of aromatic nitrogens is 3. The molecule has 0 saturated carbocycles.